The molecule has 2 heteroatoms. The highest BCUT2D eigenvalue weighted by atomic mass is 16.5. The molecule has 1 aliphatic heterocycles. The van der Waals surface area contributed by atoms with E-state index in [0.717, 1.165) is 18.6 Å². The summed E-state index contributed by atoms with van der Waals surface area (Å²) in [5.41, 5.74) is 0. The van der Waals surface area contributed by atoms with Crippen LogP contribution < -0.4 is 0 Å². The van der Waals surface area contributed by atoms with E-state index >= 15 is 0 Å². The van der Waals surface area contributed by atoms with E-state index in [1.807, 2.05) is 6.92 Å². The second-order valence-electron chi connectivity index (χ2n) is 5.09. The maximum Gasteiger partial charge on any atom is 0.165 e. The van der Waals surface area contributed by atoms with Gasteiger partial charge in [-0.2, -0.15) is 0 Å². The van der Waals surface area contributed by atoms with Gasteiger partial charge in [-0.15, -0.1) is 0 Å². The molecule has 0 aliphatic carbocycles. The summed E-state index contributed by atoms with van der Waals surface area (Å²) in [6.07, 6.45) is 6.21. The quantitative estimate of drug-likeness (QED) is 0.665. The number of ether oxygens (including phenoxy) is 1. The van der Waals surface area contributed by atoms with E-state index in [1.165, 1.54) is 12.8 Å². The molecule has 92 valence electrons. The third-order valence-corrected chi connectivity index (χ3v) is 3.22. The number of carbonyl (C=O) groups excluding carboxylic acids is 1. The Hall–Kier alpha value is -0.790. The van der Waals surface area contributed by atoms with Gasteiger partial charge in [0.15, 0.2) is 5.78 Å². The zero-order chi connectivity index (χ0) is 12.1. The van der Waals surface area contributed by atoms with Crippen molar-refractivity contribution < 1.29 is 9.53 Å². The molecule has 0 aromatic carbocycles. The summed E-state index contributed by atoms with van der Waals surface area (Å²) in [7, 11) is 0. The van der Waals surface area contributed by atoms with Crippen LogP contribution in [0.5, 0.6) is 0 Å². The fourth-order valence-electron chi connectivity index (χ4n) is 2.16. The molecule has 2 nitrogen and oxygen atoms in total. The lowest BCUT2D eigenvalue weighted by atomic mass is 9.88. The van der Waals surface area contributed by atoms with Crippen LogP contribution in [0.3, 0.4) is 0 Å². The molecule has 0 amide bonds. The maximum absolute atomic E-state index is 11.8. The minimum absolute atomic E-state index is 0.00919. The second kappa shape index (κ2) is 6.07. The van der Waals surface area contributed by atoms with Gasteiger partial charge in [-0.3, -0.25) is 4.79 Å². The lowest BCUT2D eigenvalue weighted by Gasteiger charge is -2.31. The van der Waals surface area contributed by atoms with Crippen molar-refractivity contribution in [3.63, 3.8) is 0 Å². The average Bonchev–Trinajstić information content (AvgIpc) is 2.23. The first-order valence-corrected chi connectivity index (χ1v) is 6.47. The van der Waals surface area contributed by atoms with E-state index in [0.29, 0.717) is 5.92 Å². The van der Waals surface area contributed by atoms with Gasteiger partial charge in [0, 0.05) is 12.5 Å². The Morgan fingerprint density at radius 3 is 2.62 bits per heavy atom. The molecular weight excluding hydrogens is 200 g/mol. The van der Waals surface area contributed by atoms with Crippen molar-refractivity contribution in [3.05, 3.63) is 11.8 Å². The number of unbranched alkanes of at least 4 members (excludes halogenated alkanes) is 2. The van der Waals surface area contributed by atoms with Gasteiger partial charge in [-0.05, 0) is 12.3 Å². The Morgan fingerprint density at radius 1 is 1.38 bits per heavy atom. The monoisotopic (exact) mass is 224 g/mol. The van der Waals surface area contributed by atoms with E-state index in [1.54, 1.807) is 6.08 Å². The zero-order valence-corrected chi connectivity index (χ0v) is 11.0. The van der Waals surface area contributed by atoms with Gasteiger partial charge in [0.2, 0.25) is 0 Å². The number of ketones is 1. The van der Waals surface area contributed by atoms with Crippen LogP contribution in [0.2, 0.25) is 0 Å². The van der Waals surface area contributed by atoms with E-state index in [-0.39, 0.29) is 17.8 Å². The first kappa shape index (κ1) is 13.3. The van der Waals surface area contributed by atoms with Gasteiger partial charge in [-0.25, -0.2) is 0 Å². The van der Waals surface area contributed by atoms with Crippen molar-refractivity contribution in [1.29, 1.82) is 0 Å². The molecule has 1 heterocycles. The molecule has 0 spiro atoms. The van der Waals surface area contributed by atoms with Crippen LogP contribution >= 0.6 is 0 Å². The summed E-state index contributed by atoms with van der Waals surface area (Å²) >= 11 is 0. The van der Waals surface area contributed by atoms with Crippen molar-refractivity contribution in [2.75, 3.05) is 0 Å². The van der Waals surface area contributed by atoms with Crippen LogP contribution in [0, 0.1) is 11.8 Å². The first-order chi connectivity index (χ1) is 7.56. The Morgan fingerprint density at radius 2 is 2.06 bits per heavy atom. The van der Waals surface area contributed by atoms with Gasteiger partial charge in [0.1, 0.15) is 6.10 Å². The summed E-state index contributed by atoms with van der Waals surface area (Å²) < 4.78 is 5.92. The molecule has 0 radical (unpaired) electrons. The fourth-order valence-corrected chi connectivity index (χ4v) is 2.16. The normalized spacial score (nSPS) is 25.6. The Bertz CT molecular complexity index is 266. The SMILES string of the molecule is CCCCCC1=CC(=O)[C@H](C)[C@@H](C(C)C)O1. The predicted octanol–water partition coefficient (Wildman–Crippen LogP) is 3.71. The van der Waals surface area contributed by atoms with Crippen molar-refractivity contribution in [1.82, 2.24) is 0 Å². The molecule has 2 atom stereocenters. The van der Waals surface area contributed by atoms with E-state index < -0.39 is 0 Å². The van der Waals surface area contributed by atoms with Crippen molar-refractivity contribution in [2.45, 2.75) is 59.5 Å². The van der Waals surface area contributed by atoms with E-state index in [4.69, 9.17) is 4.74 Å². The molecule has 0 aromatic heterocycles. The van der Waals surface area contributed by atoms with Crippen molar-refractivity contribution in [3.8, 4) is 0 Å². The number of hydrogen-bond donors (Lipinski definition) is 0. The molecule has 0 saturated heterocycles. The molecule has 1 aliphatic rings. The maximum atomic E-state index is 11.8. The Labute approximate surface area is 99.1 Å². The minimum Gasteiger partial charge on any atom is -0.494 e. The largest absolute Gasteiger partial charge is 0.494 e. The summed E-state index contributed by atoms with van der Waals surface area (Å²) in [5.74, 6) is 1.54. The van der Waals surface area contributed by atoms with Crippen LogP contribution in [0.25, 0.3) is 0 Å². The highest BCUT2D eigenvalue weighted by Crippen LogP contribution is 2.28. The number of allylic oxidation sites excluding steroid dienone is 2. The minimum atomic E-state index is 0.00919. The lowest BCUT2D eigenvalue weighted by molar-refractivity contribution is -0.125. The molecule has 16 heavy (non-hydrogen) atoms. The number of rotatable bonds is 5. The summed E-state index contributed by atoms with van der Waals surface area (Å²) in [5, 5.41) is 0. The third-order valence-electron chi connectivity index (χ3n) is 3.22. The summed E-state index contributed by atoms with van der Waals surface area (Å²) in [6, 6.07) is 0. The molecule has 1 rings (SSSR count). The van der Waals surface area contributed by atoms with E-state index in [2.05, 4.69) is 20.8 Å². The van der Waals surface area contributed by atoms with Crippen LogP contribution in [0.4, 0.5) is 0 Å². The van der Waals surface area contributed by atoms with Crippen molar-refractivity contribution >= 4 is 5.78 Å². The topological polar surface area (TPSA) is 26.3 Å². The number of carbonyl (C=O) groups is 1. The van der Waals surface area contributed by atoms with Gasteiger partial charge in [0.05, 0.1) is 11.7 Å². The highest BCUT2D eigenvalue weighted by molar-refractivity contribution is 5.93. The second-order valence-corrected chi connectivity index (χ2v) is 5.09. The van der Waals surface area contributed by atoms with Crippen molar-refractivity contribution in [2.24, 2.45) is 11.8 Å². The van der Waals surface area contributed by atoms with E-state index in [9.17, 15) is 4.79 Å². The molecule has 0 bridgehead atoms. The fraction of sp³-hybridized carbons (Fsp3) is 0.786. The molecule has 0 unspecified atom stereocenters. The Balaban J connectivity index is 2.59. The first-order valence-electron chi connectivity index (χ1n) is 6.47. The molecular formula is C14H24O2. The summed E-state index contributed by atoms with van der Waals surface area (Å²) in [4.78, 5) is 11.8. The smallest absolute Gasteiger partial charge is 0.165 e. The zero-order valence-electron chi connectivity index (χ0n) is 11.0. The van der Waals surface area contributed by atoms with Gasteiger partial charge < -0.3 is 4.74 Å². The Kier molecular flexibility index (Phi) is 5.04. The standard InChI is InChI=1S/C14H24O2/c1-5-6-7-8-12-9-13(15)11(4)14(16-12)10(2)3/h9-11,14H,5-8H2,1-4H3/t11-,14+/m0/s1. The molecule has 0 saturated carbocycles. The van der Waals surface area contributed by atoms with Gasteiger partial charge in [-0.1, -0.05) is 40.5 Å². The van der Waals surface area contributed by atoms with Crippen LogP contribution in [0.1, 0.15) is 53.4 Å². The molecule has 0 aromatic rings. The average molecular weight is 224 g/mol. The van der Waals surface area contributed by atoms with Crippen LogP contribution in [-0.2, 0) is 9.53 Å². The van der Waals surface area contributed by atoms with Crippen LogP contribution in [0.15, 0.2) is 11.8 Å². The third kappa shape index (κ3) is 3.36. The predicted molar refractivity (Wildman–Crippen MR) is 66.1 cm³/mol. The van der Waals surface area contributed by atoms with Gasteiger partial charge >= 0.3 is 0 Å². The number of hydrogen-bond acceptors (Lipinski definition) is 2. The summed E-state index contributed by atoms with van der Waals surface area (Å²) in [6.45, 7) is 8.37. The van der Waals surface area contributed by atoms with Gasteiger partial charge in [0.25, 0.3) is 0 Å². The molecule has 0 N–H and O–H groups in total. The van der Waals surface area contributed by atoms with Crippen LogP contribution in [-0.4, -0.2) is 11.9 Å². The lowest BCUT2D eigenvalue weighted by Crippen LogP contribution is -2.35. The highest BCUT2D eigenvalue weighted by Gasteiger charge is 2.31. The molecule has 0 fully saturated rings.